The van der Waals surface area contributed by atoms with Crippen molar-refractivity contribution >= 4 is 28.7 Å². The van der Waals surface area contributed by atoms with Crippen LogP contribution in [0.3, 0.4) is 0 Å². The van der Waals surface area contributed by atoms with Crippen molar-refractivity contribution in [2.45, 2.75) is 24.8 Å². The Kier molecular flexibility index (Phi) is 3.63. The number of hydrogen-bond donors (Lipinski definition) is 3. The van der Waals surface area contributed by atoms with Gasteiger partial charge in [-0.2, -0.15) is 0 Å². The minimum atomic E-state index is -0.883. The topological polar surface area (TPSA) is 100 Å². The molecule has 3 N–H and O–H groups in total. The Bertz CT molecular complexity index is 882. The van der Waals surface area contributed by atoms with Gasteiger partial charge in [-0.3, -0.25) is 19.9 Å². The molecule has 7 heteroatoms. The van der Waals surface area contributed by atoms with Crippen molar-refractivity contribution in [1.82, 2.24) is 20.9 Å². The molecule has 1 saturated heterocycles. The molecule has 0 bridgehead atoms. The second kappa shape index (κ2) is 5.84. The molecule has 1 aliphatic heterocycles. The van der Waals surface area contributed by atoms with Gasteiger partial charge in [0.05, 0.1) is 11.1 Å². The molecule has 0 radical (unpaired) electrons. The van der Waals surface area contributed by atoms with E-state index >= 15 is 0 Å². The Balaban J connectivity index is 1.47. The predicted molar refractivity (Wildman–Crippen MR) is 90.8 cm³/mol. The maximum absolute atomic E-state index is 12.5. The number of fused-ring (bicyclic) bond motifs is 1. The van der Waals surface area contributed by atoms with E-state index in [-0.39, 0.29) is 17.7 Å². The number of pyridine rings is 1. The molecule has 25 heavy (non-hydrogen) atoms. The van der Waals surface area contributed by atoms with Gasteiger partial charge in [-0.25, -0.2) is 4.79 Å². The third-order valence-corrected chi connectivity index (χ3v) is 5.15. The van der Waals surface area contributed by atoms with E-state index in [4.69, 9.17) is 0 Å². The lowest BCUT2D eigenvalue weighted by atomic mass is 9.87. The number of imide groups is 1. The summed E-state index contributed by atoms with van der Waals surface area (Å²) in [4.78, 5) is 40.4. The SMILES string of the molecule is O=C1NC(=O)C2(CCCC2CNC(=O)c2cnc3ccccc3c2)N1. The van der Waals surface area contributed by atoms with Crippen LogP contribution in [-0.2, 0) is 4.79 Å². The number of amides is 4. The molecule has 1 aromatic heterocycles. The number of aromatic nitrogens is 1. The van der Waals surface area contributed by atoms with Crippen LogP contribution in [0.5, 0.6) is 0 Å². The largest absolute Gasteiger partial charge is 0.352 e. The molecule has 1 aromatic carbocycles. The summed E-state index contributed by atoms with van der Waals surface area (Å²) in [6.45, 7) is 0.333. The van der Waals surface area contributed by atoms with Crippen LogP contribution < -0.4 is 16.0 Å². The van der Waals surface area contributed by atoms with Crippen molar-refractivity contribution < 1.29 is 14.4 Å². The summed E-state index contributed by atoms with van der Waals surface area (Å²) in [6.07, 6.45) is 3.77. The van der Waals surface area contributed by atoms with Gasteiger partial charge in [0.25, 0.3) is 11.8 Å². The number of urea groups is 1. The molecule has 2 aliphatic rings. The van der Waals surface area contributed by atoms with Gasteiger partial charge in [-0.1, -0.05) is 24.6 Å². The van der Waals surface area contributed by atoms with Crippen LogP contribution >= 0.6 is 0 Å². The first kappa shape index (κ1) is 15.6. The molecular weight excluding hydrogens is 320 g/mol. The van der Waals surface area contributed by atoms with Crippen LogP contribution in [0.2, 0.25) is 0 Å². The predicted octanol–water partition coefficient (Wildman–Crippen LogP) is 1.34. The van der Waals surface area contributed by atoms with E-state index in [1.807, 2.05) is 24.3 Å². The molecule has 1 spiro atoms. The van der Waals surface area contributed by atoms with Crippen LogP contribution in [0, 0.1) is 5.92 Å². The van der Waals surface area contributed by atoms with Gasteiger partial charge in [-0.15, -0.1) is 0 Å². The van der Waals surface area contributed by atoms with E-state index in [1.165, 1.54) is 0 Å². The lowest BCUT2D eigenvalue weighted by Crippen LogP contribution is -2.53. The zero-order valence-electron chi connectivity index (χ0n) is 13.5. The maximum atomic E-state index is 12.5. The fraction of sp³-hybridized carbons (Fsp3) is 0.333. The zero-order valence-corrected chi connectivity index (χ0v) is 13.5. The number of carbonyl (C=O) groups excluding carboxylic acids is 3. The van der Waals surface area contributed by atoms with Gasteiger partial charge in [0.15, 0.2) is 0 Å². The lowest BCUT2D eigenvalue weighted by Gasteiger charge is -2.28. The number of nitrogens with zero attached hydrogens (tertiary/aromatic N) is 1. The minimum absolute atomic E-state index is 0.115. The van der Waals surface area contributed by atoms with Crippen LogP contribution in [0.25, 0.3) is 10.9 Å². The summed E-state index contributed by atoms with van der Waals surface area (Å²) in [5.74, 6) is -0.636. The molecule has 2 atom stereocenters. The molecule has 4 rings (SSSR count). The minimum Gasteiger partial charge on any atom is -0.352 e. The number of hydrogen-bond acceptors (Lipinski definition) is 4. The number of benzene rings is 1. The van der Waals surface area contributed by atoms with E-state index in [0.717, 1.165) is 23.7 Å². The Morgan fingerprint density at radius 1 is 1.32 bits per heavy atom. The summed E-state index contributed by atoms with van der Waals surface area (Å²) in [6, 6.07) is 8.93. The molecule has 2 aromatic rings. The molecule has 4 amide bonds. The molecule has 2 fully saturated rings. The van der Waals surface area contributed by atoms with E-state index in [2.05, 4.69) is 20.9 Å². The Hall–Kier alpha value is -2.96. The second-order valence-electron chi connectivity index (χ2n) is 6.60. The second-order valence-corrected chi connectivity index (χ2v) is 6.60. The van der Waals surface area contributed by atoms with Crippen molar-refractivity contribution in [1.29, 1.82) is 0 Å². The molecule has 1 aliphatic carbocycles. The molecule has 2 heterocycles. The van der Waals surface area contributed by atoms with Crippen LogP contribution in [0.4, 0.5) is 4.79 Å². The third-order valence-electron chi connectivity index (χ3n) is 5.15. The quantitative estimate of drug-likeness (QED) is 0.735. The van der Waals surface area contributed by atoms with Crippen molar-refractivity contribution in [2.75, 3.05) is 6.54 Å². The van der Waals surface area contributed by atoms with Crippen molar-refractivity contribution in [3.8, 4) is 0 Å². The molecule has 128 valence electrons. The smallest absolute Gasteiger partial charge is 0.322 e. The van der Waals surface area contributed by atoms with E-state index < -0.39 is 11.6 Å². The summed E-state index contributed by atoms with van der Waals surface area (Å²) in [5, 5.41) is 8.84. The van der Waals surface area contributed by atoms with Gasteiger partial charge in [0.1, 0.15) is 5.54 Å². The summed E-state index contributed by atoms with van der Waals surface area (Å²) in [7, 11) is 0. The van der Waals surface area contributed by atoms with Crippen LogP contribution in [0.1, 0.15) is 29.6 Å². The monoisotopic (exact) mass is 338 g/mol. The van der Waals surface area contributed by atoms with Gasteiger partial charge in [-0.05, 0) is 25.0 Å². The van der Waals surface area contributed by atoms with Crippen molar-refractivity contribution in [2.24, 2.45) is 5.92 Å². The maximum Gasteiger partial charge on any atom is 0.322 e. The van der Waals surface area contributed by atoms with Crippen molar-refractivity contribution in [3.05, 3.63) is 42.1 Å². The summed E-state index contributed by atoms with van der Waals surface area (Å²) >= 11 is 0. The Morgan fingerprint density at radius 2 is 2.16 bits per heavy atom. The summed E-state index contributed by atoms with van der Waals surface area (Å²) < 4.78 is 0. The summed E-state index contributed by atoms with van der Waals surface area (Å²) in [5.41, 5.74) is 0.427. The highest BCUT2D eigenvalue weighted by atomic mass is 16.2. The molecule has 2 unspecified atom stereocenters. The van der Waals surface area contributed by atoms with Crippen LogP contribution in [-0.4, -0.2) is 34.9 Å². The first-order valence-electron chi connectivity index (χ1n) is 8.35. The van der Waals surface area contributed by atoms with E-state index in [1.54, 1.807) is 12.3 Å². The van der Waals surface area contributed by atoms with Gasteiger partial charge >= 0.3 is 6.03 Å². The number of para-hydroxylation sites is 1. The normalized spacial score (nSPS) is 25.2. The fourth-order valence-corrected chi connectivity index (χ4v) is 3.84. The average Bonchev–Trinajstić information content (AvgIpc) is 3.15. The molecular formula is C18H18N4O3. The first-order chi connectivity index (χ1) is 12.1. The third kappa shape index (κ3) is 2.61. The zero-order chi connectivity index (χ0) is 17.4. The number of carbonyl (C=O) groups is 3. The fourth-order valence-electron chi connectivity index (χ4n) is 3.84. The van der Waals surface area contributed by atoms with Gasteiger partial charge in [0.2, 0.25) is 0 Å². The van der Waals surface area contributed by atoms with Crippen LogP contribution in [0.15, 0.2) is 36.5 Å². The Morgan fingerprint density at radius 3 is 2.96 bits per heavy atom. The van der Waals surface area contributed by atoms with Gasteiger partial charge < -0.3 is 10.6 Å². The van der Waals surface area contributed by atoms with E-state index in [9.17, 15) is 14.4 Å². The van der Waals surface area contributed by atoms with Gasteiger partial charge in [0, 0.05) is 24.0 Å². The average molecular weight is 338 g/mol. The number of rotatable bonds is 3. The lowest BCUT2D eigenvalue weighted by molar-refractivity contribution is -0.125. The highest BCUT2D eigenvalue weighted by Crippen LogP contribution is 2.37. The highest BCUT2D eigenvalue weighted by molar-refractivity contribution is 6.07. The first-order valence-corrected chi connectivity index (χ1v) is 8.35. The highest BCUT2D eigenvalue weighted by Gasteiger charge is 2.54. The van der Waals surface area contributed by atoms with Crippen molar-refractivity contribution in [3.63, 3.8) is 0 Å². The molecule has 7 nitrogen and oxygen atoms in total. The van der Waals surface area contributed by atoms with E-state index in [0.29, 0.717) is 18.5 Å². The molecule has 1 saturated carbocycles. The number of nitrogens with one attached hydrogen (secondary N) is 3. The standard InChI is InChI=1S/C18H18N4O3/c23-15(12-8-11-4-1-2-6-14(11)19-9-12)20-10-13-5-3-7-18(13)16(24)21-17(25)22-18/h1-2,4,6,8-9,13H,3,5,7,10H2,(H,20,23)(H2,21,22,24,25). The Labute approximate surface area is 144 Å².